The summed E-state index contributed by atoms with van der Waals surface area (Å²) in [6.07, 6.45) is 2.46. The van der Waals surface area contributed by atoms with E-state index in [2.05, 4.69) is 20.9 Å². The number of nitrogens with zero attached hydrogens (tertiary/aromatic N) is 1. The predicted molar refractivity (Wildman–Crippen MR) is 116 cm³/mol. The molecule has 2 unspecified atom stereocenters. The zero-order valence-electron chi connectivity index (χ0n) is 17.0. The van der Waals surface area contributed by atoms with Crippen LogP contribution in [-0.4, -0.2) is 53.5 Å². The second kappa shape index (κ2) is 11.0. The van der Waals surface area contributed by atoms with Crippen molar-refractivity contribution < 1.29 is 9.59 Å². The fraction of sp³-hybridized carbons (Fsp3) is 0.571. The molecule has 154 valence electrons. The molecule has 1 heterocycles. The van der Waals surface area contributed by atoms with Crippen LogP contribution < -0.4 is 16.0 Å². The van der Waals surface area contributed by atoms with Crippen molar-refractivity contribution in [2.45, 2.75) is 52.1 Å². The topological polar surface area (TPSA) is 73.5 Å². The predicted octanol–water partition coefficient (Wildman–Crippen LogP) is 2.31. The SMILES string of the molecule is CCNC(=S)N1CCC(C(NC(=O)c2ccccc2)C(=O)NC(C)CC)CC1. The second-order valence-corrected chi connectivity index (χ2v) is 7.68. The molecular formula is C21H32N4O2S. The van der Waals surface area contributed by atoms with Crippen LogP contribution in [0.4, 0.5) is 0 Å². The fourth-order valence-electron chi connectivity index (χ4n) is 3.35. The lowest BCUT2D eigenvalue weighted by Crippen LogP contribution is -2.55. The quantitative estimate of drug-likeness (QED) is 0.608. The maximum Gasteiger partial charge on any atom is 0.251 e. The first-order chi connectivity index (χ1) is 13.5. The number of carbonyl (C=O) groups excluding carboxylic acids is 2. The number of hydrogen-bond acceptors (Lipinski definition) is 3. The van der Waals surface area contributed by atoms with E-state index in [9.17, 15) is 9.59 Å². The average Bonchev–Trinajstić information content (AvgIpc) is 2.72. The molecule has 1 aliphatic rings. The van der Waals surface area contributed by atoms with Crippen molar-refractivity contribution >= 4 is 29.1 Å². The van der Waals surface area contributed by atoms with Gasteiger partial charge in [-0.2, -0.15) is 0 Å². The van der Waals surface area contributed by atoms with Crippen LogP contribution in [0.3, 0.4) is 0 Å². The van der Waals surface area contributed by atoms with Crippen LogP contribution in [0.15, 0.2) is 30.3 Å². The third-order valence-corrected chi connectivity index (χ3v) is 5.63. The Balaban J connectivity index is 2.07. The van der Waals surface area contributed by atoms with Crippen LogP contribution in [0.1, 0.15) is 50.4 Å². The zero-order chi connectivity index (χ0) is 20.5. The third kappa shape index (κ3) is 6.19. The van der Waals surface area contributed by atoms with E-state index in [1.807, 2.05) is 39.0 Å². The Bertz CT molecular complexity index is 660. The molecule has 1 aliphatic heterocycles. The van der Waals surface area contributed by atoms with Gasteiger partial charge in [0, 0.05) is 31.2 Å². The Hall–Kier alpha value is -2.15. The molecule has 1 aromatic carbocycles. The van der Waals surface area contributed by atoms with E-state index in [-0.39, 0.29) is 23.8 Å². The van der Waals surface area contributed by atoms with Crippen LogP contribution in [0, 0.1) is 5.92 Å². The standard InChI is InChI=1S/C21H32N4O2S/c1-4-15(3)23-20(27)18(24-19(26)17-9-7-6-8-10-17)16-11-13-25(14-12-16)21(28)22-5-2/h6-10,15-16,18H,4-5,11-14H2,1-3H3,(H,22,28)(H,23,27)(H,24,26). The lowest BCUT2D eigenvalue weighted by atomic mass is 9.88. The minimum Gasteiger partial charge on any atom is -0.363 e. The molecular weight excluding hydrogens is 372 g/mol. The number of thiocarbonyl (C=S) groups is 1. The number of amides is 2. The summed E-state index contributed by atoms with van der Waals surface area (Å²) in [7, 11) is 0. The molecule has 6 nitrogen and oxygen atoms in total. The molecule has 2 amide bonds. The Labute approximate surface area is 173 Å². The molecule has 0 aromatic heterocycles. The summed E-state index contributed by atoms with van der Waals surface area (Å²) in [5, 5.41) is 9.95. The summed E-state index contributed by atoms with van der Waals surface area (Å²) >= 11 is 5.40. The summed E-state index contributed by atoms with van der Waals surface area (Å²) in [6.45, 7) is 8.39. The van der Waals surface area contributed by atoms with E-state index >= 15 is 0 Å². The van der Waals surface area contributed by atoms with Gasteiger partial charge in [-0.05, 0) is 63.4 Å². The van der Waals surface area contributed by atoms with E-state index in [1.165, 1.54) is 0 Å². The zero-order valence-corrected chi connectivity index (χ0v) is 17.8. The molecule has 1 aromatic rings. The van der Waals surface area contributed by atoms with Gasteiger partial charge in [0.05, 0.1) is 0 Å². The normalized spacial score (nSPS) is 16.8. The maximum atomic E-state index is 12.9. The van der Waals surface area contributed by atoms with E-state index in [4.69, 9.17) is 12.2 Å². The monoisotopic (exact) mass is 404 g/mol. The molecule has 0 radical (unpaired) electrons. The van der Waals surface area contributed by atoms with Crippen molar-refractivity contribution in [3.8, 4) is 0 Å². The minimum atomic E-state index is -0.545. The summed E-state index contributed by atoms with van der Waals surface area (Å²) in [5.41, 5.74) is 0.564. The Morgan fingerprint density at radius 2 is 1.79 bits per heavy atom. The highest BCUT2D eigenvalue weighted by atomic mass is 32.1. The highest BCUT2D eigenvalue weighted by molar-refractivity contribution is 7.80. The van der Waals surface area contributed by atoms with Crippen LogP contribution in [0.2, 0.25) is 0 Å². The molecule has 2 rings (SSSR count). The van der Waals surface area contributed by atoms with Crippen molar-refractivity contribution in [2.75, 3.05) is 19.6 Å². The van der Waals surface area contributed by atoms with Gasteiger partial charge in [-0.15, -0.1) is 0 Å². The Kier molecular flexibility index (Phi) is 8.70. The third-order valence-electron chi connectivity index (χ3n) is 5.23. The van der Waals surface area contributed by atoms with Gasteiger partial charge in [-0.25, -0.2) is 0 Å². The summed E-state index contributed by atoms with van der Waals surface area (Å²) in [5.74, 6) is -0.237. The molecule has 0 spiro atoms. The summed E-state index contributed by atoms with van der Waals surface area (Å²) in [4.78, 5) is 27.7. The van der Waals surface area contributed by atoms with Gasteiger partial charge in [0.2, 0.25) is 5.91 Å². The first-order valence-electron chi connectivity index (χ1n) is 10.1. The molecule has 28 heavy (non-hydrogen) atoms. The van der Waals surface area contributed by atoms with Gasteiger partial charge in [-0.1, -0.05) is 25.1 Å². The maximum absolute atomic E-state index is 12.9. The largest absolute Gasteiger partial charge is 0.363 e. The van der Waals surface area contributed by atoms with Crippen molar-refractivity contribution in [3.05, 3.63) is 35.9 Å². The van der Waals surface area contributed by atoms with E-state index in [1.54, 1.807) is 12.1 Å². The summed E-state index contributed by atoms with van der Waals surface area (Å²) in [6, 6.07) is 8.56. The molecule has 0 saturated carbocycles. The smallest absolute Gasteiger partial charge is 0.251 e. The number of benzene rings is 1. The van der Waals surface area contributed by atoms with Crippen molar-refractivity contribution in [1.29, 1.82) is 0 Å². The van der Waals surface area contributed by atoms with Crippen molar-refractivity contribution in [1.82, 2.24) is 20.9 Å². The van der Waals surface area contributed by atoms with Crippen LogP contribution in [-0.2, 0) is 4.79 Å². The molecule has 0 bridgehead atoms. The molecule has 0 aliphatic carbocycles. The van der Waals surface area contributed by atoms with Gasteiger partial charge >= 0.3 is 0 Å². The minimum absolute atomic E-state index is 0.0741. The molecule has 1 saturated heterocycles. The lowest BCUT2D eigenvalue weighted by molar-refractivity contribution is -0.125. The Morgan fingerprint density at radius 1 is 1.14 bits per heavy atom. The first kappa shape index (κ1) is 22.1. The van der Waals surface area contributed by atoms with Crippen LogP contribution in [0.25, 0.3) is 0 Å². The summed E-state index contributed by atoms with van der Waals surface area (Å²) < 4.78 is 0. The number of piperidine rings is 1. The number of nitrogens with one attached hydrogen (secondary N) is 3. The van der Waals surface area contributed by atoms with Gasteiger partial charge in [-0.3, -0.25) is 9.59 Å². The van der Waals surface area contributed by atoms with Crippen molar-refractivity contribution in [3.63, 3.8) is 0 Å². The van der Waals surface area contributed by atoms with Crippen LogP contribution >= 0.6 is 12.2 Å². The average molecular weight is 405 g/mol. The first-order valence-corrected chi connectivity index (χ1v) is 10.6. The molecule has 2 atom stereocenters. The highest BCUT2D eigenvalue weighted by Crippen LogP contribution is 2.22. The number of carbonyl (C=O) groups is 2. The molecule has 1 fully saturated rings. The number of rotatable bonds is 7. The molecule has 3 N–H and O–H groups in total. The van der Waals surface area contributed by atoms with E-state index in [0.29, 0.717) is 5.56 Å². The van der Waals surface area contributed by atoms with Crippen LogP contribution in [0.5, 0.6) is 0 Å². The van der Waals surface area contributed by atoms with E-state index < -0.39 is 6.04 Å². The van der Waals surface area contributed by atoms with Crippen molar-refractivity contribution in [2.24, 2.45) is 5.92 Å². The van der Waals surface area contributed by atoms with E-state index in [0.717, 1.165) is 44.0 Å². The van der Waals surface area contributed by atoms with Gasteiger partial charge in [0.1, 0.15) is 6.04 Å². The number of hydrogen-bond donors (Lipinski definition) is 3. The van der Waals surface area contributed by atoms with Gasteiger partial charge in [0.25, 0.3) is 5.91 Å². The highest BCUT2D eigenvalue weighted by Gasteiger charge is 2.33. The number of likely N-dealkylation sites (tertiary alicyclic amines) is 1. The second-order valence-electron chi connectivity index (χ2n) is 7.30. The van der Waals surface area contributed by atoms with Gasteiger partial charge in [0.15, 0.2) is 5.11 Å². The van der Waals surface area contributed by atoms with Gasteiger partial charge < -0.3 is 20.9 Å². The fourth-order valence-corrected chi connectivity index (χ4v) is 3.67. The lowest BCUT2D eigenvalue weighted by Gasteiger charge is -2.37. The molecule has 7 heteroatoms. The Morgan fingerprint density at radius 3 is 2.36 bits per heavy atom.